The summed E-state index contributed by atoms with van der Waals surface area (Å²) < 4.78 is 5.19. The highest BCUT2D eigenvalue weighted by Crippen LogP contribution is 2.50. The smallest absolute Gasteiger partial charge is 0.338 e. The average molecular weight is 396 g/mol. The van der Waals surface area contributed by atoms with Gasteiger partial charge in [-0.05, 0) is 48.6 Å². The zero-order chi connectivity index (χ0) is 20.5. The lowest BCUT2D eigenvalue weighted by Gasteiger charge is -2.48. The maximum Gasteiger partial charge on any atom is 0.338 e. The highest BCUT2D eigenvalue weighted by molar-refractivity contribution is 5.89. The summed E-state index contributed by atoms with van der Waals surface area (Å²) in [5.74, 6) is -1.52. The standard InChI is InChI=1S/C22H24N2O5/c1-3-12-13-7-11(25)5-6-17(13)23-19-14(12)9-24-18(19)8-16-15(20(24)26)10-29-21(27)22(16,28)4-2/h5-7,15-16,18,25,28H,3-4,8-10H2,1-2H3/t15?,16?,18?,22-/m0/s1. The quantitative estimate of drug-likeness (QED) is 0.755. The first-order valence-electron chi connectivity index (χ1n) is 10.2. The number of hydrogen-bond donors (Lipinski definition) is 2. The van der Waals surface area contributed by atoms with E-state index in [0.29, 0.717) is 13.0 Å². The summed E-state index contributed by atoms with van der Waals surface area (Å²) in [6, 6.07) is 4.87. The van der Waals surface area contributed by atoms with Crippen LogP contribution < -0.4 is 0 Å². The molecule has 0 aliphatic carbocycles. The van der Waals surface area contributed by atoms with E-state index in [0.717, 1.165) is 34.1 Å². The van der Waals surface area contributed by atoms with Gasteiger partial charge in [-0.25, -0.2) is 4.79 Å². The fourth-order valence-corrected chi connectivity index (χ4v) is 5.49. The number of carbonyl (C=O) groups excluding carboxylic acids is 2. The molecule has 2 N–H and O–H groups in total. The third kappa shape index (κ3) is 2.37. The number of aromatic nitrogens is 1. The van der Waals surface area contributed by atoms with Crippen molar-refractivity contribution in [2.75, 3.05) is 6.61 Å². The maximum atomic E-state index is 13.3. The Morgan fingerprint density at radius 2 is 2.10 bits per heavy atom. The molecule has 2 fully saturated rings. The Labute approximate surface area is 168 Å². The van der Waals surface area contributed by atoms with E-state index >= 15 is 0 Å². The maximum absolute atomic E-state index is 13.3. The molecule has 152 valence electrons. The van der Waals surface area contributed by atoms with Crippen LogP contribution in [0.25, 0.3) is 10.9 Å². The molecule has 0 saturated carbocycles. The molecule has 5 rings (SSSR count). The van der Waals surface area contributed by atoms with Crippen molar-refractivity contribution in [1.29, 1.82) is 0 Å². The van der Waals surface area contributed by atoms with E-state index in [1.54, 1.807) is 25.1 Å². The van der Waals surface area contributed by atoms with Gasteiger partial charge in [-0.3, -0.25) is 9.78 Å². The number of fused-ring (bicyclic) bond motifs is 5. The SMILES string of the molecule is CCc1c2c(nc3ccc(O)cc13)C1CC3C(COC(=O)[C@]3(O)CC)C(=O)N1C2. The topological polar surface area (TPSA) is 100.0 Å². The van der Waals surface area contributed by atoms with Crippen LogP contribution in [0.4, 0.5) is 0 Å². The Morgan fingerprint density at radius 3 is 2.83 bits per heavy atom. The van der Waals surface area contributed by atoms with E-state index in [9.17, 15) is 19.8 Å². The number of phenols is 1. The van der Waals surface area contributed by atoms with E-state index < -0.39 is 23.4 Å². The van der Waals surface area contributed by atoms with Gasteiger partial charge in [-0.2, -0.15) is 0 Å². The number of aromatic hydroxyl groups is 1. The molecule has 1 amide bonds. The minimum Gasteiger partial charge on any atom is -0.508 e. The molecule has 7 nitrogen and oxygen atoms in total. The molecular formula is C22H24N2O5. The van der Waals surface area contributed by atoms with Gasteiger partial charge in [-0.1, -0.05) is 13.8 Å². The van der Waals surface area contributed by atoms with Crippen LogP contribution >= 0.6 is 0 Å². The lowest BCUT2D eigenvalue weighted by atomic mass is 9.69. The summed E-state index contributed by atoms with van der Waals surface area (Å²) in [6.45, 7) is 4.29. The number of aryl methyl sites for hydroxylation is 1. The van der Waals surface area contributed by atoms with Crippen LogP contribution in [0.3, 0.4) is 0 Å². The van der Waals surface area contributed by atoms with Crippen molar-refractivity contribution >= 4 is 22.8 Å². The van der Waals surface area contributed by atoms with Crippen LogP contribution in [0.5, 0.6) is 5.75 Å². The van der Waals surface area contributed by atoms with Crippen LogP contribution in [-0.2, 0) is 27.3 Å². The van der Waals surface area contributed by atoms with E-state index in [4.69, 9.17) is 9.72 Å². The Balaban J connectivity index is 1.65. The average Bonchev–Trinajstić information content (AvgIpc) is 3.08. The van der Waals surface area contributed by atoms with E-state index in [2.05, 4.69) is 6.92 Å². The number of pyridine rings is 1. The van der Waals surface area contributed by atoms with Crippen LogP contribution in [0.2, 0.25) is 0 Å². The second-order valence-corrected chi connectivity index (χ2v) is 8.32. The summed E-state index contributed by atoms with van der Waals surface area (Å²) >= 11 is 0. The fourth-order valence-electron chi connectivity index (χ4n) is 5.49. The summed E-state index contributed by atoms with van der Waals surface area (Å²) in [6.07, 6.45) is 1.46. The Kier molecular flexibility index (Phi) is 3.90. The third-order valence-corrected chi connectivity index (χ3v) is 7.06. The van der Waals surface area contributed by atoms with Gasteiger partial charge in [0.25, 0.3) is 0 Å². The number of piperidine rings is 1. The zero-order valence-electron chi connectivity index (χ0n) is 16.5. The van der Waals surface area contributed by atoms with E-state index in [1.807, 2.05) is 4.90 Å². The summed E-state index contributed by atoms with van der Waals surface area (Å²) in [5, 5.41) is 21.9. The monoisotopic (exact) mass is 396 g/mol. The van der Waals surface area contributed by atoms with E-state index in [-0.39, 0.29) is 30.7 Å². The first-order valence-corrected chi connectivity index (χ1v) is 10.2. The number of hydrogen-bond acceptors (Lipinski definition) is 6. The minimum absolute atomic E-state index is 0.0219. The van der Waals surface area contributed by atoms with Gasteiger partial charge in [-0.15, -0.1) is 0 Å². The predicted octanol–water partition coefficient (Wildman–Crippen LogP) is 2.22. The van der Waals surface area contributed by atoms with Gasteiger partial charge in [0.2, 0.25) is 5.91 Å². The molecule has 29 heavy (non-hydrogen) atoms. The van der Waals surface area contributed by atoms with Gasteiger partial charge in [0.05, 0.1) is 23.2 Å². The molecule has 4 atom stereocenters. The van der Waals surface area contributed by atoms with Crippen molar-refractivity contribution in [2.45, 2.75) is 51.3 Å². The first kappa shape index (κ1) is 18.4. The zero-order valence-corrected chi connectivity index (χ0v) is 16.5. The van der Waals surface area contributed by atoms with Crippen molar-refractivity contribution in [1.82, 2.24) is 9.88 Å². The molecule has 1 aromatic heterocycles. The van der Waals surface area contributed by atoms with Crippen molar-refractivity contribution in [3.05, 3.63) is 35.0 Å². The second kappa shape index (κ2) is 6.16. The number of ether oxygens (including phenoxy) is 1. The number of rotatable bonds is 2. The lowest BCUT2D eigenvalue weighted by Crippen LogP contribution is -2.61. The van der Waals surface area contributed by atoms with Gasteiger partial charge in [0.1, 0.15) is 12.4 Å². The molecule has 2 saturated heterocycles. The number of esters is 1. The number of nitrogens with zero attached hydrogens (tertiary/aromatic N) is 2. The number of phenolic OH excluding ortho intramolecular Hbond substituents is 1. The number of cyclic esters (lactones) is 1. The summed E-state index contributed by atoms with van der Waals surface area (Å²) in [4.78, 5) is 32.3. The lowest BCUT2D eigenvalue weighted by molar-refractivity contribution is -0.202. The minimum atomic E-state index is -1.64. The predicted molar refractivity (Wildman–Crippen MR) is 104 cm³/mol. The van der Waals surface area contributed by atoms with Crippen molar-refractivity contribution in [3.63, 3.8) is 0 Å². The molecule has 0 radical (unpaired) electrons. The normalized spacial score (nSPS) is 30.7. The Morgan fingerprint density at radius 1 is 1.31 bits per heavy atom. The van der Waals surface area contributed by atoms with E-state index in [1.165, 1.54) is 0 Å². The molecule has 1 aromatic carbocycles. The molecule has 3 aliphatic rings. The number of aliphatic hydroxyl groups is 1. The Bertz CT molecular complexity index is 1050. The third-order valence-electron chi connectivity index (χ3n) is 7.06. The summed E-state index contributed by atoms with van der Waals surface area (Å²) in [5.41, 5.74) is 2.11. The molecule has 2 aromatic rings. The van der Waals surface area contributed by atoms with Gasteiger partial charge in [0.15, 0.2) is 5.60 Å². The van der Waals surface area contributed by atoms with Gasteiger partial charge < -0.3 is 19.8 Å². The molecule has 7 heteroatoms. The van der Waals surface area contributed by atoms with Crippen molar-refractivity contribution < 1.29 is 24.5 Å². The molecule has 0 spiro atoms. The first-order chi connectivity index (χ1) is 13.9. The summed E-state index contributed by atoms with van der Waals surface area (Å²) in [7, 11) is 0. The molecular weight excluding hydrogens is 372 g/mol. The van der Waals surface area contributed by atoms with Crippen LogP contribution in [-0.4, -0.2) is 44.2 Å². The number of carbonyl (C=O) groups is 2. The largest absolute Gasteiger partial charge is 0.508 e. The molecule has 4 heterocycles. The van der Waals surface area contributed by atoms with Gasteiger partial charge in [0, 0.05) is 17.8 Å². The van der Waals surface area contributed by atoms with Crippen LogP contribution in [0.15, 0.2) is 18.2 Å². The second-order valence-electron chi connectivity index (χ2n) is 8.32. The molecule has 0 bridgehead atoms. The molecule has 3 unspecified atom stereocenters. The highest BCUT2D eigenvalue weighted by Gasteiger charge is 2.59. The van der Waals surface area contributed by atoms with Gasteiger partial charge >= 0.3 is 5.97 Å². The fraction of sp³-hybridized carbons (Fsp3) is 0.500. The highest BCUT2D eigenvalue weighted by atomic mass is 16.6. The van der Waals surface area contributed by atoms with Crippen LogP contribution in [0.1, 0.15) is 49.6 Å². The number of benzene rings is 1. The van der Waals surface area contributed by atoms with Crippen molar-refractivity contribution in [3.8, 4) is 5.75 Å². The Hall–Kier alpha value is -2.67. The van der Waals surface area contributed by atoms with Crippen LogP contribution in [0, 0.1) is 11.8 Å². The number of amides is 1. The van der Waals surface area contributed by atoms with Crippen molar-refractivity contribution in [2.24, 2.45) is 11.8 Å². The molecule has 3 aliphatic heterocycles.